The Balaban J connectivity index is 1.74. The number of rotatable bonds is 9. The summed E-state index contributed by atoms with van der Waals surface area (Å²) in [6.45, 7) is 2.44. The van der Waals surface area contributed by atoms with Gasteiger partial charge in [-0.15, -0.1) is 0 Å². The fourth-order valence-corrected chi connectivity index (χ4v) is 3.21. The number of nitrogens with two attached hydrogens (primary N) is 1. The molecule has 0 saturated carbocycles. The van der Waals surface area contributed by atoms with Gasteiger partial charge in [0.05, 0.1) is 25.7 Å². The van der Waals surface area contributed by atoms with Gasteiger partial charge in [0, 0.05) is 5.56 Å². The largest absolute Gasteiger partial charge is 0.489 e. The molecule has 0 amide bonds. The van der Waals surface area contributed by atoms with Gasteiger partial charge in [-0.3, -0.25) is 4.79 Å². The third kappa shape index (κ3) is 5.69. The van der Waals surface area contributed by atoms with Gasteiger partial charge in [-0.25, -0.2) is 0 Å². The van der Waals surface area contributed by atoms with Gasteiger partial charge in [-0.2, -0.15) is 0 Å². The first-order valence-electron chi connectivity index (χ1n) is 10.0. The number of ether oxygens (including phenoxy) is 2. The Morgan fingerprint density at radius 3 is 2.50 bits per heavy atom. The van der Waals surface area contributed by atoms with Crippen LogP contribution in [0.2, 0.25) is 0 Å². The number of para-hydroxylation sites is 1. The molecule has 0 aromatic heterocycles. The number of carbonyl (C=O) groups is 1. The Bertz CT molecular complexity index is 986. The van der Waals surface area contributed by atoms with Crippen LogP contribution in [0.3, 0.4) is 0 Å². The SMILES string of the molecule is CCOC(=O)Cc1ccccc1OCc1cccc(-c2cccc(C(N)CO)c2)c1. The van der Waals surface area contributed by atoms with Gasteiger partial charge < -0.3 is 20.3 Å². The summed E-state index contributed by atoms with van der Waals surface area (Å²) < 4.78 is 11.1. The van der Waals surface area contributed by atoms with Crippen molar-refractivity contribution < 1.29 is 19.4 Å². The number of hydrogen-bond acceptors (Lipinski definition) is 5. The van der Waals surface area contributed by atoms with Gasteiger partial charge in [0.25, 0.3) is 0 Å². The molecule has 0 aliphatic heterocycles. The van der Waals surface area contributed by atoms with E-state index in [2.05, 4.69) is 6.07 Å². The lowest BCUT2D eigenvalue weighted by molar-refractivity contribution is -0.142. The van der Waals surface area contributed by atoms with Crippen molar-refractivity contribution in [3.63, 3.8) is 0 Å². The number of esters is 1. The predicted octanol–water partition coefficient (Wildman–Crippen LogP) is 4.03. The second-order valence-electron chi connectivity index (χ2n) is 6.99. The third-order valence-corrected chi connectivity index (χ3v) is 4.78. The first kappa shape index (κ1) is 21.6. The maximum absolute atomic E-state index is 11.8. The zero-order valence-corrected chi connectivity index (χ0v) is 17.1. The molecule has 3 aromatic carbocycles. The van der Waals surface area contributed by atoms with E-state index < -0.39 is 6.04 Å². The van der Waals surface area contributed by atoms with Crippen molar-refractivity contribution >= 4 is 5.97 Å². The normalized spacial score (nSPS) is 11.7. The highest BCUT2D eigenvalue weighted by Crippen LogP contribution is 2.25. The molecule has 5 nitrogen and oxygen atoms in total. The van der Waals surface area contributed by atoms with Crippen LogP contribution in [0.15, 0.2) is 72.8 Å². The summed E-state index contributed by atoms with van der Waals surface area (Å²) in [5.41, 5.74) is 10.7. The smallest absolute Gasteiger partial charge is 0.310 e. The van der Waals surface area contributed by atoms with Crippen molar-refractivity contribution in [2.24, 2.45) is 5.73 Å². The van der Waals surface area contributed by atoms with Gasteiger partial charge >= 0.3 is 5.97 Å². The van der Waals surface area contributed by atoms with E-state index >= 15 is 0 Å². The highest BCUT2D eigenvalue weighted by Gasteiger charge is 2.10. The van der Waals surface area contributed by atoms with Gasteiger partial charge in [0.2, 0.25) is 0 Å². The molecule has 3 aromatic rings. The van der Waals surface area contributed by atoms with E-state index in [9.17, 15) is 9.90 Å². The summed E-state index contributed by atoms with van der Waals surface area (Å²) in [5, 5.41) is 9.31. The topological polar surface area (TPSA) is 81.8 Å². The number of aliphatic hydroxyl groups excluding tert-OH is 1. The molecule has 0 spiro atoms. The second kappa shape index (κ2) is 10.6. The van der Waals surface area contributed by atoms with E-state index in [-0.39, 0.29) is 19.0 Å². The molecule has 0 aliphatic carbocycles. The highest BCUT2D eigenvalue weighted by atomic mass is 16.5. The monoisotopic (exact) mass is 405 g/mol. The molecule has 5 heteroatoms. The highest BCUT2D eigenvalue weighted by molar-refractivity contribution is 5.73. The molecule has 3 rings (SSSR count). The predicted molar refractivity (Wildman–Crippen MR) is 117 cm³/mol. The average molecular weight is 405 g/mol. The van der Waals surface area contributed by atoms with Crippen molar-refractivity contribution in [3.05, 3.63) is 89.5 Å². The van der Waals surface area contributed by atoms with Crippen LogP contribution in [0.4, 0.5) is 0 Å². The molecule has 30 heavy (non-hydrogen) atoms. The van der Waals surface area contributed by atoms with Crippen LogP contribution in [0, 0.1) is 0 Å². The number of hydrogen-bond donors (Lipinski definition) is 2. The van der Waals surface area contributed by atoms with Gasteiger partial charge in [0.15, 0.2) is 0 Å². The zero-order chi connectivity index (χ0) is 21.3. The molecule has 0 radical (unpaired) electrons. The van der Waals surface area contributed by atoms with Crippen molar-refractivity contribution in [2.75, 3.05) is 13.2 Å². The molecular formula is C25H27NO4. The minimum absolute atomic E-state index is 0.0947. The molecule has 3 N–H and O–H groups in total. The summed E-state index contributed by atoms with van der Waals surface area (Å²) in [6.07, 6.45) is 0.182. The Morgan fingerprint density at radius 1 is 1.00 bits per heavy atom. The van der Waals surface area contributed by atoms with Crippen LogP contribution >= 0.6 is 0 Å². The number of aliphatic hydroxyl groups is 1. The molecule has 156 valence electrons. The minimum atomic E-state index is -0.396. The zero-order valence-electron chi connectivity index (χ0n) is 17.1. The molecule has 1 atom stereocenters. The van der Waals surface area contributed by atoms with E-state index in [1.165, 1.54) is 0 Å². The van der Waals surface area contributed by atoms with Gasteiger partial charge in [0.1, 0.15) is 12.4 Å². The van der Waals surface area contributed by atoms with E-state index in [0.717, 1.165) is 27.8 Å². The summed E-state index contributed by atoms with van der Waals surface area (Å²) in [5.74, 6) is 0.406. The molecule has 1 unspecified atom stereocenters. The molecule has 0 heterocycles. The summed E-state index contributed by atoms with van der Waals surface area (Å²) >= 11 is 0. The Morgan fingerprint density at radius 2 is 1.73 bits per heavy atom. The standard InChI is InChI=1S/C25H27NO4/c1-2-29-25(28)15-22-8-3-4-12-24(22)30-17-18-7-5-9-19(13-18)20-10-6-11-21(14-20)23(26)16-27/h3-14,23,27H,2,15-17,26H2,1H3. The average Bonchev–Trinajstić information content (AvgIpc) is 2.78. The first-order chi connectivity index (χ1) is 14.6. The third-order valence-electron chi connectivity index (χ3n) is 4.78. The van der Waals surface area contributed by atoms with Crippen molar-refractivity contribution in [1.82, 2.24) is 0 Å². The van der Waals surface area contributed by atoms with E-state index in [1.807, 2.05) is 66.7 Å². The first-order valence-corrected chi connectivity index (χ1v) is 10.0. The van der Waals surface area contributed by atoms with E-state index in [1.54, 1.807) is 6.92 Å². The van der Waals surface area contributed by atoms with Crippen LogP contribution in [0.25, 0.3) is 11.1 Å². The van der Waals surface area contributed by atoms with E-state index in [0.29, 0.717) is 19.0 Å². The summed E-state index contributed by atoms with van der Waals surface area (Å²) in [4.78, 5) is 11.8. The van der Waals surface area contributed by atoms with Crippen LogP contribution in [-0.4, -0.2) is 24.3 Å². The lowest BCUT2D eigenvalue weighted by Gasteiger charge is -2.13. The van der Waals surface area contributed by atoms with Crippen LogP contribution in [0.1, 0.15) is 29.7 Å². The summed E-state index contributed by atoms with van der Waals surface area (Å²) in [6, 6.07) is 23.0. The molecule has 0 bridgehead atoms. The molecular weight excluding hydrogens is 378 g/mol. The van der Waals surface area contributed by atoms with Crippen LogP contribution in [0.5, 0.6) is 5.75 Å². The number of carbonyl (C=O) groups excluding carboxylic acids is 1. The Kier molecular flexibility index (Phi) is 7.60. The Hall–Kier alpha value is -3.15. The fraction of sp³-hybridized carbons (Fsp3) is 0.240. The maximum Gasteiger partial charge on any atom is 0.310 e. The van der Waals surface area contributed by atoms with Crippen molar-refractivity contribution in [3.8, 4) is 16.9 Å². The molecule has 0 aliphatic rings. The van der Waals surface area contributed by atoms with Crippen LogP contribution in [-0.2, 0) is 22.6 Å². The van der Waals surface area contributed by atoms with E-state index in [4.69, 9.17) is 15.2 Å². The quantitative estimate of drug-likeness (QED) is 0.525. The number of benzene rings is 3. The lowest BCUT2D eigenvalue weighted by atomic mass is 9.99. The van der Waals surface area contributed by atoms with Crippen molar-refractivity contribution in [1.29, 1.82) is 0 Å². The molecule has 0 saturated heterocycles. The Labute approximate surface area is 177 Å². The fourth-order valence-electron chi connectivity index (χ4n) is 3.21. The minimum Gasteiger partial charge on any atom is -0.489 e. The molecule has 0 fully saturated rings. The second-order valence-corrected chi connectivity index (χ2v) is 6.99. The lowest BCUT2D eigenvalue weighted by Crippen LogP contribution is -2.14. The van der Waals surface area contributed by atoms with Gasteiger partial charge in [-0.1, -0.05) is 54.6 Å². The maximum atomic E-state index is 11.8. The van der Waals surface area contributed by atoms with Crippen molar-refractivity contribution in [2.45, 2.75) is 26.0 Å². The van der Waals surface area contributed by atoms with Gasteiger partial charge in [-0.05, 0) is 47.4 Å². The van der Waals surface area contributed by atoms with Crippen LogP contribution < -0.4 is 10.5 Å². The summed E-state index contributed by atoms with van der Waals surface area (Å²) in [7, 11) is 0.